The number of hydrogen-bond donors (Lipinski definition) is 1. The number of nitrogens with zero attached hydrogens (tertiary/aromatic N) is 1. The number of anilines is 1. The van der Waals surface area contributed by atoms with Crippen LogP contribution in [0.2, 0.25) is 10.0 Å². The highest BCUT2D eigenvalue weighted by molar-refractivity contribution is 6.40. The number of benzene rings is 2. The summed E-state index contributed by atoms with van der Waals surface area (Å²) in [6, 6.07) is 10.4. The Morgan fingerprint density at radius 1 is 1.04 bits per heavy atom. The van der Waals surface area contributed by atoms with Gasteiger partial charge < -0.3 is 9.84 Å². The third kappa shape index (κ3) is 3.84. The average molecular weight is 401 g/mol. The minimum absolute atomic E-state index is 0.0703. The van der Waals surface area contributed by atoms with E-state index in [1.807, 2.05) is 0 Å². The average Bonchev–Trinajstić information content (AvgIpc) is 3.02. The monoisotopic (exact) mass is 400 g/mol. The second-order valence-electron chi connectivity index (χ2n) is 5.20. The van der Waals surface area contributed by atoms with Gasteiger partial charge in [0.25, 0.3) is 5.91 Å². The highest BCUT2D eigenvalue weighted by Crippen LogP contribution is 2.31. The maximum absolute atomic E-state index is 12.6. The molecule has 0 atom stereocenters. The normalized spacial score (nSPS) is 11.4. The van der Waals surface area contributed by atoms with Gasteiger partial charge in [0.2, 0.25) is 0 Å². The Bertz CT molecular complexity index is 933. The summed E-state index contributed by atoms with van der Waals surface area (Å²) in [4.78, 5) is 12.3. The maximum Gasteiger partial charge on any atom is 0.416 e. The summed E-state index contributed by atoms with van der Waals surface area (Å²) in [7, 11) is 0. The Kier molecular flexibility index (Phi) is 4.93. The van der Waals surface area contributed by atoms with E-state index in [0.717, 1.165) is 12.1 Å². The van der Waals surface area contributed by atoms with Crippen LogP contribution in [0.25, 0.3) is 11.3 Å². The van der Waals surface area contributed by atoms with Crippen molar-refractivity contribution in [1.29, 1.82) is 0 Å². The summed E-state index contributed by atoms with van der Waals surface area (Å²) in [5.74, 6) is -0.326. The zero-order valence-electron chi connectivity index (χ0n) is 12.8. The van der Waals surface area contributed by atoms with Gasteiger partial charge in [-0.3, -0.25) is 4.79 Å². The smallest absolute Gasteiger partial charge is 0.354 e. The van der Waals surface area contributed by atoms with Gasteiger partial charge in [0.15, 0.2) is 11.6 Å². The lowest BCUT2D eigenvalue weighted by Gasteiger charge is -2.06. The van der Waals surface area contributed by atoms with Gasteiger partial charge in [0.1, 0.15) is 0 Å². The molecule has 3 aromatic rings. The summed E-state index contributed by atoms with van der Waals surface area (Å²) >= 11 is 11.9. The molecule has 1 heterocycles. The zero-order valence-corrected chi connectivity index (χ0v) is 14.3. The van der Waals surface area contributed by atoms with Crippen molar-refractivity contribution in [1.82, 2.24) is 5.16 Å². The minimum atomic E-state index is -4.42. The van der Waals surface area contributed by atoms with Crippen molar-refractivity contribution < 1.29 is 22.5 Å². The molecular formula is C17H9Cl2F3N2O2. The fourth-order valence-electron chi connectivity index (χ4n) is 2.19. The van der Waals surface area contributed by atoms with Crippen LogP contribution >= 0.6 is 23.2 Å². The third-order valence-corrected chi connectivity index (χ3v) is 4.07. The molecule has 9 heteroatoms. The van der Waals surface area contributed by atoms with E-state index in [4.69, 9.17) is 27.7 Å². The molecule has 2 aromatic carbocycles. The summed E-state index contributed by atoms with van der Waals surface area (Å²) in [5, 5.41) is 6.48. The van der Waals surface area contributed by atoms with Crippen LogP contribution in [0.1, 0.15) is 15.9 Å². The Hall–Kier alpha value is -2.51. The van der Waals surface area contributed by atoms with E-state index in [-0.39, 0.29) is 27.2 Å². The first-order chi connectivity index (χ1) is 12.3. The molecule has 0 radical (unpaired) electrons. The minimum Gasteiger partial charge on any atom is -0.354 e. The predicted molar refractivity (Wildman–Crippen MR) is 91.4 cm³/mol. The first-order valence-electron chi connectivity index (χ1n) is 7.15. The summed E-state index contributed by atoms with van der Waals surface area (Å²) in [5.41, 5.74) is -0.320. The molecule has 26 heavy (non-hydrogen) atoms. The molecule has 0 spiro atoms. The van der Waals surface area contributed by atoms with Crippen LogP contribution in [0.5, 0.6) is 0 Å². The Morgan fingerprint density at radius 2 is 1.65 bits per heavy atom. The van der Waals surface area contributed by atoms with Crippen LogP contribution in [0.3, 0.4) is 0 Å². The molecule has 4 nitrogen and oxygen atoms in total. The standard InChI is InChI=1S/C17H9Cl2F3N2O2/c18-11-2-1-3-12(19)15(11)16(25)23-14-8-13(26-24-14)9-4-6-10(7-5-9)17(20,21)22/h1-8H,(H,23,24,25). The number of amides is 1. The van der Waals surface area contributed by atoms with Crippen molar-refractivity contribution >= 4 is 34.9 Å². The van der Waals surface area contributed by atoms with Crippen LogP contribution in [0.4, 0.5) is 19.0 Å². The van der Waals surface area contributed by atoms with E-state index >= 15 is 0 Å². The van der Waals surface area contributed by atoms with Crippen molar-refractivity contribution in [2.24, 2.45) is 0 Å². The van der Waals surface area contributed by atoms with Crippen molar-refractivity contribution in [2.75, 3.05) is 5.32 Å². The van der Waals surface area contributed by atoms with Gasteiger partial charge in [-0.2, -0.15) is 13.2 Å². The molecular weight excluding hydrogens is 392 g/mol. The maximum atomic E-state index is 12.6. The zero-order chi connectivity index (χ0) is 18.9. The van der Waals surface area contributed by atoms with Crippen LogP contribution in [-0.4, -0.2) is 11.1 Å². The summed E-state index contributed by atoms with van der Waals surface area (Å²) in [6.45, 7) is 0. The number of aromatic nitrogens is 1. The van der Waals surface area contributed by atoms with Gasteiger partial charge in [-0.15, -0.1) is 0 Å². The molecule has 134 valence electrons. The van der Waals surface area contributed by atoms with Crippen molar-refractivity contribution in [2.45, 2.75) is 6.18 Å². The first kappa shape index (κ1) is 18.3. The lowest BCUT2D eigenvalue weighted by Crippen LogP contribution is -2.13. The van der Waals surface area contributed by atoms with E-state index in [1.54, 1.807) is 6.07 Å². The summed E-state index contributed by atoms with van der Waals surface area (Å²) in [6.07, 6.45) is -4.42. The van der Waals surface area contributed by atoms with E-state index in [2.05, 4.69) is 10.5 Å². The van der Waals surface area contributed by atoms with Crippen molar-refractivity contribution in [3.63, 3.8) is 0 Å². The van der Waals surface area contributed by atoms with Crippen LogP contribution < -0.4 is 5.32 Å². The van der Waals surface area contributed by atoms with Crippen LogP contribution in [0.15, 0.2) is 53.1 Å². The molecule has 0 saturated heterocycles. The van der Waals surface area contributed by atoms with Gasteiger partial charge >= 0.3 is 6.18 Å². The van der Waals surface area contributed by atoms with Gasteiger partial charge in [0, 0.05) is 11.6 Å². The Morgan fingerprint density at radius 3 is 2.23 bits per heavy atom. The lowest BCUT2D eigenvalue weighted by molar-refractivity contribution is -0.137. The van der Waals surface area contributed by atoms with Crippen LogP contribution in [0, 0.1) is 0 Å². The lowest BCUT2D eigenvalue weighted by atomic mass is 10.1. The molecule has 1 amide bonds. The van der Waals surface area contributed by atoms with Crippen molar-refractivity contribution in [3.8, 4) is 11.3 Å². The largest absolute Gasteiger partial charge is 0.416 e. The molecule has 1 N–H and O–H groups in total. The quantitative estimate of drug-likeness (QED) is 0.593. The fourth-order valence-corrected chi connectivity index (χ4v) is 2.76. The van der Waals surface area contributed by atoms with Gasteiger partial charge in [-0.25, -0.2) is 0 Å². The van der Waals surface area contributed by atoms with Crippen molar-refractivity contribution in [3.05, 3.63) is 69.7 Å². The predicted octanol–water partition coefficient (Wildman–Crippen LogP) is 5.92. The fraction of sp³-hybridized carbons (Fsp3) is 0.0588. The molecule has 3 rings (SSSR count). The number of halogens is 5. The van der Waals surface area contributed by atoms with Gasteiger partial charge in [-0.05, 0) is 24.3 Å². The number of alkyl halides is 3. The van der Waals surface area contributed by atoms with Crippen LogP contribution in [-0.2, 0) is 6.18 Å². The molecule has 0 unspecified atom stereocenters. The summed E-state index contributed by atoms with van der Waals surface area (Å²) < 4.78 is 42.8. The molecule has 1 aromatic heterocycles. The number of rotatable bonds is 3. The van der Waals surface area contributed by atoms with E-state index in [9.17, 15) is 18.0 Å². The van der Waals surface area contributed by atoms with E-state index in [1.165, 1.54) is 30.3 Å². The highest BCUT2D eigenvalue weighted by atomic mass is 35.5. The topological polar surface area (TPSA) is 55.1 Å². The van der Waals surface area contributed by atoms with E-state index in [0.29, 0.717) is 5.56 Å². The number of carbonyl (C=O) groups is 1. The first-order valence-corrected chi connectivity index (χ1v) is 7.91. The Balaban J connectivity index is 1.79. The van der Waals surface area contributed by atoms with Gasteiger partial charge in [-0.1, -0.05) is 46.6 Å². The second-order valence-corrected chi connectivity index (χ2v) is 6.02. The molecule has 0 bridgehead atoms. The highest BCUT2D eigenvalue weighted by Gasteiger charge is 2.30. The number of carbonyl (C=O) groups excluding carboxylic acids is 1. The Labute approximate surface area is 155 Å². The molecule has 0 saturated carbocycles. The molecule has 0 aliphatic rings. The number of nitrogens with one attached hydrogen (secondary N) is 1. The molecule has 0 fully saturated rings. The second kappa shape index (κ2) is 7.01. The SMILES string of the molecule is O=C(Nc1cc(-c2ccc(C(F)(F)F)cc2)on1)c1c(Cl)cccc1Cl. The van der Waals surface area contributed by atoms with E-state index < -0.39 is 17.6 Å². The number of hydrogen-bond acceptors (Lipinski definition) is 3. The third-order valence-electron chi connectivity index (χ3n) is 3.44. The molecule has 0 aliphatic carbocycles. The molecule has 0 aliphatic heterocycles. The van der Waals surface area contributed by atoms with Gasteiger partial charge in [0.05, 0.1) is 21.2 Å².